The van der Waals surface area contributed by atoms with Gasteiger partial charge in [0.1, 0.15) is 0 Å². The zero-order chi connectivity index (χ0) is 14.9. The van der Waals surface area contributed by atoms with Crippen LogP contribution >= 0.6 is 35.3 Å². The minimum Gasteiger partial charge on any atom is -0.381 e. The van der Waals surface area contributed by atoms with E-state index in [1.54, 1.807) is 11.3 Å². The van der Waals surface area contributed by atoms with E-state index >= 15 is 0 Å². The van der Waals surface area contributed by atoms with Gasteiger partial charge in [-0.05, 0) is 56.0 Å². The summed E-state index contributed by atoms with van der Waals surface area (Å²) in [6.45, 7) is 8.55. The van der Waals surface area contributed by atoms with Crippen LogP contribution in [0, 0.1) is 12.8 Å². The molecule has 2 N–H and O–H groups in total. The summed E-state index contributed by atoms with van der Waals surface area (Å²) in [5.74, 6) is 1.75. The standard InChI is InChI=1S/C16H27N3OS.HI/c1-3-17-16(19-11-15-13(2)7-10-21-15)18-8-4-9-20-12-14-5-6-14;/h7,10,14H,3-6,8-9,11-12H2,1-2H3,(H2,17,18,19);1H. The van der Waals surface area contributed by atoms with Crippen LogP contribution in [0.25, 0.3) is 0 Å². The highest BCUT2D eigenvalue weighted by Crippen LogP contribution is 2.28. The number of guanidine groups is 1. The molecule has 6 heteroatoms. The molecule has 1 saturated carbocycles. The Hall–Kier alpha value is -0.340. The summed E-state index contributed by atoms with van der Waals surface area (Å²) in [5.41, 5.74) is 1.33. The molecule has 126 valence electrons. The van der Waals surface area contributed by atoms with Gasteiger partial charge < -0.3 is 15.4 Å². The molecular formula is C16H28IN3OS. The number of hydrogen-bond donors (Lipinski definition) is 2. The van der Waals surface area contributed by atoms with E-state index in [2.05, 4.69) is 40.9 Å². The molecule has 1 aliphatic carbocycles. The first kappa shape index (κ1) is 19.7. The molecule has 1 fully saturated rings. The molecule has 1 aromatic rings. The molecule has 1 aliphatic rings. The van der Waals surface area contributed by atoms with E-state index in [9.17, 15) is 0 Å². The maximum atomic E-state index is 5.64. The van der Waals surface area contributed by atoms with E-state index in [4.69, 9.17) is 4.74 Å². The topological polar surface area (TPSA) is 45.7 Å². The summed E-state index contributed by atoms with van der Waals surface area (Å²) >= 11 is 1.77. The van der Waals surface area contributed by atoms with Gasteiger partial charge in [-0.15, -0.1) is 35.3 Å². The first-order valence-electron chi connectivity index (χ1n) is 7.92. The van der Waals surface area contributed by atoms with Crippen molar-refractivity contribution in [1.29, 1.82) is 0 Å². The van der Waals surface area contributed by atoms with Gasteiger partial charge in [0.25, 0.3) is 0 Å². The van der Waals surface area contributed by atoms with Gasteiger partial charge in [-0.3, -0.25) is 0 Å². The van der Waals surface area contributed by atoms with Crippen molar-refractivity contribution < 1.29 is 4.74 Å². The molecule has 0 aromatic carbocycles. The summed E-state index contributed by atoms with van der Waals surface area (Å²) in [4.78, 5) is 5.97. The third-order valence-electron chi connectivity index (χ3n) is 3.50. The predicted molar refractivity (Wildman–Crippen MR) is 105 cm³/mol. The van der Waals surface area contributed by atoms with Crippen LogP contribution in [0.1, 0.15) is 36.6 Å². The second-order valence-corrected chi connectivity index (χ2v) is 6.52. The summed E-state index contributed by atoms with van der Waals surface area (Å²) < 4.78 is 5.64. The van der Waals surface area contributed by atoms with Crippen LogP contribution in [-0.2, 0) is 11.3 Å². The lowest BCUT2D eigenvalue weighted by Crippen LogP contribution is -2.38. The fourth-order valence-electron chi connectivity index (χ4n) is 1.97. The number of nitrogens with one attached hydrogen (secondary N) is 2. The third kappa shape index (κ3) is 7.78. The molecule has 0 spiro atoms. The van der Waals surface area contributed by atoms with E-state index in [1.807, 2.05) is 0 Å². The maximum Gasteiger partial charge on any atom is 0.191 e. The molecule has 4 nitrogen and oxygen atoms in total. The van der Waals surface area contributed by atoms with Crippen molar-refractivity contribution in [1.82, 2.24) is 10.6 Å². The van der Waals surface area contributed by atoms with Crippen molar-refractivity contribution in [2.75, 3.05) is 26.3 Å². The molecule has 0 amide bonds. The largest absolute Gasteiger partial charge is 0.381 e. The van der Waals surface area contributed by atoms with Gasteiger partial charge in [-0.25, -0.2) is 4.99 Å². The van der Waals surface area contributed by atoms with Crippen molar-refractivity contribution >= 4 is 41.3 Å². The van der Waals surface area contributed by atoms with Crippen LogP contribution in [0.3, 0.4) is 0 Å². The molecule has 1 aromatic heterocycles. The number of ether oxygens (including phenoxy) is 1. The Labute approximate surface area is 155 Å². The monoisotopic (exact) mass is 437 g/mol. The fraction of sp³-hybridized carbons (Fsp3) is 0.688. The summed E-state index contributed by atoms with van der Waals surface area (Å²) in [5, 5.41) is 8.78. The Morgan fingerprint density at radius 2 is 2.23 bits per heavy atom. The van der Waals surface area contributed by atoms with Crippen molar-refractivity contribution in [2.45, 2.75) is 39.7 Å². The Morgan fingerprint density at radius 1 is 1.41 bits per heavy atom. The Morgan fingerprint density at radius 3 is 2.86 bits per heavy atom. The number of nitrogens with zero attached hydrogens (tertiary/aromatic N) is 1. The van der Waals surface area contributed by atoms with Crippen LogP contribution in [0.2, 0.25) is 0 Å². The number of aliphatic imine (C=N–C) groups is 1. The van der Waals surface area contributed by atoms with Crippen LogP contribution < -0.4 is 10.6 Å². The first-order chi connectivity index (χ1) is 10.3. The molecule has 0 atom stereocenters. The van der Waals surface area contributed by atoms with Crippen LogP contribution in [0.4, 0.5) is 0 Å². The second-order valence-electron chi connectivity index (χ2n) is 5.52. The number of aryl methyl sites for hydroxylation is 1. The van der Waals surface area contributed by atoms with E-state index in [0.29, 0.717) is 0 Å². The SMILES string of the molecule is CCNC(=NCc1sccc1C)NCCCOCC1CC1.I. The van der Waals surface area contributed by atoms with Crippen LogP contribution in [-0.4, -0.2) is 32.3 Å². The van der Waals surface area contributed by atoms with Crippen molar-refractivity contribution in [2.24, 2.45) is 10.9 Å². The highest BCUT2D eigenvalue weighted by molar-refractivity contribution is 14.0. The van der Waals surface area contributed by atoms with Gasteiger partial charge in [0.2, 0.25) is 0 Å². The minimum absolute atomic E-state index is 0. The van der Waals surface area contributed by atoms with Gasteiger partial charge in [0.15, 0.2) is 5.96 Å². The number of halogens is 1. The molecular weight excluding hydrogens is 409 g/mol. The minimum atomic E-state index is 0. The third-order valence-corrected chi connectivity index (χ3v) is 4.51. The van der Waals surface area contributed by atoms with Crippen molar-refractivity contribution in [3.8, 4) is 0 Å². The van der Waals surface area contributed by atoms with E-state index in [1.165, 1.54) is 23.3 Å². The molecule has 2 rings (SSSR count). The van der Waals surface area contributed by atoms with E-state index < -0.39 is 0 Å². The average molecular weight is 437 g/mol. The smallest absolute Gasteiger partial charge is 0.191 e. The molecule has 1 heterocycles. The molecule has 0 radical (unpaired) electrons. The van der Waals surface area contributed by atoms with Gasteiger partial charge in [0.05, 0.1) is 6.54 Å². The molecule has 0 aliphatic heterocycles. The molecule has 0 saturated heterocycles. The molecule has 0 unspecified atom stereocenters. The summed E-state index contributed by atoms with van der Waals surface area (Å²) in [6.07, 6.45) is 3.74. The van der Waals surface area contributed by atoms with Gasteiger partial charge >= 0.3 is 0 Å². The van der Waals surface area contributed by atoms with E-state index in [0.717, 1.165) is 51.1 Å². The summed E-state index contributed by atoms with van der Waals surface area (Å²) in [7, 11) is 0. The Bertz CT molecular complexity index is 446. The van der Waals surface area contributed by atoms with Gasteiger partial charge in [-0.2, -0.15) is 0 Å². The predicted octanol–water partition coefficient (Wildman–Crippen LogP) is 3.55. The van der Waals surface area contributed by atoms with Crippen LogP contribution in [0.5, 0.6) is 0 Å². The number of hydrogen-bond acceptors (Lipinski definition) is 3. The number of rotatable bonds is 9. The zero-order valence-electron chi connectivity index (χ0n) is 13.6. The molecule has 22 heavy (non-hydrogen) atoms. The fourth-order valence-corrected chi connectivity index (χ4v) is 2.80. The Balaban J connectivity index is 0.00000242. The van der Waals surface area contributed by atoms with Gasteiger partial charge in [0, 0.05) is 31.2 Å². The number of thiophene rings is 1. The van der Waals surface area contributed by atoms with Crippen LogP contribution in [0.15, 0.2) is 16.4 Å². The lowest BCUT2D eigenvalue weighted by Gasteiger charge is -2.11. The quantitative estimate of drug-likeness (QED) is 0.269. The van der Waals surface area contributed by atoms with Crippen molar-refractivity contribution in [3.63, 3.8) is 0 Å². The first-order valence-corrected chi connectivity index (χ1v) is 8.80. The maximum absolute atomic E-state index is 5.64. The second kappa shape index (κ2) is 11.2. The highest BCUT2D eigenvalue weighted by Gasteiger charge is 2.20. The molecule has 0 bridgehead atoms. The van der Waals surface area contributed by atoms with Crippen molar-refractivity contribution in [3.05, 3.63) is 21.9 Å². The lowest BCUT2D eigenvalue weighted by atomic mass is 10.3. The Kier molecular flexibility index (Phi) is 10.1. The summed E-state index contributed by atoms with van der Waals surface area (Å²) in [6, 6.07) is 2.15. The lowest BCUT2D eigenvalue weighted by molar-refractivity contribution is 0.123. The highest BCUT2D eigenvalue weighted by atomic mass is 127. The zero-order valence-corrected chi connectivity index (χ0v) is 16.7. The van der Waals surface area contributed by atoms with Gasteiger partial charge in [-0.1, -0.05) is 0 Å². The average Bonchev–Trinajstić information content (AvgIpc) is 3.21. The van der Waals surface area contributed by atoms with E-state index in [-0.39, 0.29) is 24.0 Å². The normalized spacial score (nSPS) is 14.5.